The van der Waals surface area contributed by atoms with E-state index in [1.54, 1.807) is 13.0 Å². The Morgan fingerprint density at radius 2 is 2.35 bits per heavy atom. The molecule has 0 atom stereocenters. The lowest BCUT2D eigenvalue weighted by molar-refractivity contribution is 0.168. The van der Waals surface area contributed by atoms with Crippen LogP contribution < -0.4 is 11.1 Å². The molecule has 0 aliphatic carbocycles. The number of carbonyl (C=O) groups excluding carboxylic acids is 1. The van der Waals surface area contributed by atoms with Crippen LogP contribution in [0.2, 0.25) is 0 Å². The Bertz CT molecular complexity index is 463. The SMILES string of the molecule is CCOC(=O)Nc1ccc(C#CCN)cc1F. The van der Waals surface area contributed by atoms with Crippen LogP contribution in [0.1, 0.15) is 12.5 Å². The van der Waals surface area contributed by atoms with Gasteiger partial charge in [-0.25, -0.2) is 9.18 Å². The molecule has 0 saturated heterocycles. The molecule has 90 valence electrons. The smallest absolute Gasteiger partial charge is 0.411 e. The van der Waals surface area contributed by atoms with Gasteiger partial charge in [-0.2, -0.15) is 0 Å². The second-order valence-electron chi connectivity index (χ2n) is 3.05. The minimum atomic E-state index is -0.688. The van der Waals surface area contributed by atoms with E-state index in [4.69, 9.17) is 5.73 Å². The van der Waals surface area contributed by atoms with Crippen molar-refractivity contribution in [2.45, 2.75) is 6.92 Å². The number of rotatable bonds is 2. The summed E-state index contributed by atoms with van der Waals surface area (Å²) in [5, 5.41) is 2.29. The largest absolute Gasteiger partial charge is 0.450 e. The summed E-state index contributed by atoms with van der Waals surface area (Å²) in [6.07, 6.45) is -0.688. The van der Waals surface area contributed by atoms with E-state index >= 15 is 0 Å². The van der Waals surface area contributed by atoms with Gasteiger partial charge in [-0.1, -0.05) is 11.8 Å². The number of ether oxygens (including phenoxy) is 1. The Kier molecular flexibility index (Phi) is 4.98. The van der Waals surface area contributed by atoms with Crippen molar-refractivity contribution >= 4 is 11.8 Å². The van der Waals surface area contributed by atoms with Crippen LogP contribution in [0, 0.1) is 17.7 Å². The zero-order chi connectivity index (χ0) is 12.7. The monoisotopic (exact) mass is 236 g/mol. The van der Waals surface area contributed by atoms with Crippen molar-refractivity contribution in [2.24, 2.45) is 5.73 Å². The Labute approximate surface area is 99.0 Å². The van der Waals surface area contributed by atoms with Gasteiger partial charge in [0.25, 0.3) is 0 Å². The van der Waals surface area contributed by atoms with Gasteiger partial charge in [0.2, 0.25) is 0 Å². The molecule has 0 aliphatic rings. The second-order valence-corrected chi connectivity index (χ2v) is 3.05. The molecule has 0 unspecified atom stereocenters. The third kappa shape index (κ3) is 4.13. The lowest BCUT2D eigenvalue weighted by Gasteiger charge is -2.06. The summed E-state index contributed by atoms with van der Waals surface area (Å²) in [6.45, 7) is 2.11. The van der Waals surface area contributed by atoms with Crippen LogP contribution in [0.4, 0.5) is 14.9 Å². The zero-order valence-electron chi connectivity index (χ0n) is 9.42. The summed E-state index contributed by atoms with van der Waals surface area (Å²) in [5.41, 5.74) is 5.76. The van der Waals surface area contributed by atoms with Gasteiger partial charge >= 0.3 is 6.09 Å². The first-order chi connectivity index (χ1) is 8.17. The number of hydrogen-bond acceptors (Lipinski definition) is 3. The van der Waals surface area contributed by atoms with Gasteiger partial charge in [0.1, 0.15) is 5.82 Å². The minimum Gasteiger partial charge on any atom is -0.450 e. The van der Waals surface area contributed by atoms with Crippen LogP contribution in [-0.4, -0.2) is 19.2 Å². The zero-order valence-corrected chi connectivity index (χ0v) is 9.42. The van der Waals surface area contributed by atoms with Crippen molar-refractivity contribution in [1.82, 2.24) is 0 Å². The quantitative estimate of drug-likeness (QED) is 0.768. The molecule has 0 aliphatic heterocycles. The van der Waals surface area contributed by atoms with E-state index in [1.807, 2.05) is 0 Å². The third-order valence-electron chi connectivity index (χ3n) is 1.82. The number of halogens is 1. The molecule has 0 radical (unpaired) electrons. The predicted molar refractivity (Wildman–Crippen MR) is 63.0 cm³/mol. The van der Waals surface area contributed by atoms with Gasteiger partial charge in [-0.3, -0.25) is 5.32 Å². The Morgan fingerprint density at radius 1 is 1.59 bits per heavy atom. The summed E-state index contributed by atoms with van der Waals surface area (Å²) >= 11 is 0. The number of benzene rings is 1. The first-order valence-corrected chi connectivity index (χ1v) is 5.09. The molecule has 5 heteroatoms. The van der Waals surface area contributed by atoms with Gasteiger partial charge in [-0.05, 0) is 25.1 Å². The number of nitrogens with one attached hydrogen (secondary N) is 1. The number of carbonyl (C=O) groups is 1. The van der Waals surface area contributed by atoms with Crippen molar-refractivity contribution in [1.29, 1.82) is 0 Å². The Hall–Kier alpha value is -2.06. The van der Waals surface area contributed by atoms with E-state index in [2.05, 4.69) is 21.9 Å². The van der Waals surface area contributed by atoms with Crippen molar-refractivity contribution in [3.8, 4) is 11.8 Å². The van der Waals surface area contributed by atoms with Crippen LogP contribution >= 0.6 is 0 Å². The molecule has 0 heterocycles. The highest BCUT2D eigenvalue weighted by Gasteiger charge is 2.07. The van der Waals surface area contributed by atoms with Gasteiger partial charge in [0, 0.05) is 5.56 Å². The molecule has 1 rings (SSSR count). The highest BCUT2D eigenvalue weighted by molar-refractivity contribution is 5.84. The molecule has 17 heavy (non-hydrogen) atoms. The predicted octanol–water partition coefficient (Wildman–Crippen LogP) is 1.70. The number of anilines is 1. The molecule has 3 N–H and O–H groups in total. The fraction of sp³-hybridized carbons (Fsp3) is 0.250. The average Bonchev–Trinajstić information content (AvgIpc) is 2.30. The minimum absolute atomic E-state index is 0.0572. The van der Waals surface area contributed by atoms with Crippen LogP contribution in [0.3, 0.4) is 0 Å². The van der Waals surface area contributed by atoms with Gasteiger partial charge in [-0.15, -0.1) is 0 Å². The lowest BCUT2D eigenvalue weighted by atomic mass is 10.2. The first-order valence-electron chi connectivity index (χ1n) is 5.09. The highest BCUT2D eigenvalue weighted by Crippen LogP contribution is 2.15. The average molecular weight is 236 g/mol. The summed E-state index contributed by atoms with van der Waals surface area (Å²) in [4.78, 5) is 11.1. The van der Waals surface area contributed by atoms with E-state index < -0.39 is 11.9 Å². The molecule has 0 aromatic heterocycles. The van der Waals surface area contributed by atoms with Crippen LogP contribution in [0.15, 0.2) is 18.2 Å². The van der Waals surface area contributed by atoms with E-state index in [1.165, 1.54) is 12.1 Å². The van der Waals surface area contributed by atoms with Crippen LogP contribution in [0.25, 0.3) is 0 Å². The molecule has 0 spiro atoms. The summed E-state index contributed by atoms with van der Waals surface area (Å²) < 4.78 is 18.1. The van der Waals surface area contributed by atoms with E-state index in [0.717, 1.165) is 0 Å². The molecule has 1 amide bonds. The van der Waals surface area contributed by atoms with E-state index in [0.29, 0.717) is 5.56 Å². The summed E-state index contributed by atoms with van der Waals surface area (Å²) in [7, 11) is 0. The molecule has 0 saturated carbocycles. The number of amides is 1. The van der Waals surface area contributed by atoms with Crippen molar-refractivity contribution in [3.63, 3.8) is 0 Å². The van der Waals surface area contributed by atoms with E-state index in [9.17, 15) is 9.18 Å². The number of hydrogen-bond donors (Lipinski definition) is 2. The molecule has 0 fully saturated rings. The van der Waals surface area contributed by atoms with Gasteiger partial charge in [0.05, 0.1) is 18.8 Å². The molecular weight excluding hydrogens is 223 g/mol. The topological polar surface area (TPSA) is 64.3 Å². The Morgan fingerprint density at radius 3 is 2.94 bits per heavy atom. The van der Waals surface area contributed by atoms with Crippen LogP contribution in [-0.2, 0) is 4.74 Å². The van der Waals surface area contributed by atoms with Crippen LogP contribution in [0.5, 0.6) is 0 Å². The molecule has 1 aromatic rings. The van der Waals surface area contributed by atoms with Crippen molar-refractivity contribution < 1.29 is 13.9 Å². The van der Waals surface area contributed by atoms with Gasteiger partial charge < -0.3 is 10.5 Å². The maximum atomic E-state index is 13.5. The van der Waals surface area contributed by atoms with Crippen molar-refractivity contribution in [2.75, 3.05) is 18.5 Å². The fourth-order valence-corrected chi connectivity index (χ4v) is 1.12. The van der Waals surface area contributed by atoms with E-state index in [-0.39, 0.29) is 18.8 Å². The normalized spacial score (nSPS) is 9.12. The highest BCUT2D eigenvalue weighted by atomic mass is 19.1. The first kappa shape index (κ1) is 13.0. The summed E-state index contributed by atoms with van der Waals surface area (Å²) in [5.74, 6) is 4.74. The second kappa shape index (κ2) is 6.51. The molecule has 4 nitrogen and oxygen atoms in total. The maximum Gasteiger partial charge on any atom is 0.411 e. The fourth-order valence-electron chi connectivity index (χ4n) is 1.12. The Balaban J connectivity index is 2.79. The lowest BCUT2D eigenvalue weighted by Crippen LogP contribution is -2.14. The molecule has 0 bridgehead atoms. The number of nitrogens with two attached hydrogens (primary N) is 1. The van der Waals surface area contributed by atoms with Gasteiger partial charge in [0.15, 0.2) is 0 Å². The third-order valence-corrected chi connectivity index (χ3v) is 1.82. The standard InChI is InChI=1S/C12H13FN2O2/c1-2-17-12(16)15-11-6-5-9(4-3-7-14)8-10(11)13/h5-6,8H,2,7,14H2,1H3,(H,15,16). The van der Waals surface area contributed by atoms with Crippen molar-refractivity contribution in [3.05, 3.63) is 29.6 Å². The maximum absolute atomic E-state index is 13.5. The molecular formula is C12H13FN2O2. The molecule has 1 aromatic carbocycles. The summed E-state index contributed by atoms with van der Waals surface area (Å²) in [6, 6.07) is 4.24.